The minimum absolute atomic E-state index is 0.254. The van der Waals surface area contributed by atoms with E-state index in [2.05, 4.69) is 15.4 Å². The van der Waals surface area contributed by atoms with E-state index in [-0.39, 0.29) is 18.0 Å². The number of ether oxygens (including phenoxy) is 1. The van der Waals surface area contributed by atoms with Crippen LogP contribution in [0.25, 0.3) is 0 Å². The zero-order valence-electron chi connectivity index (χ0n) is 13.1. The fourth-order valence-electron chi connectivity index (χ4n) is 2.18. The maximum absolute atomic E-state index is 13.8. The average molecular weight is 336 g/mol. The summed E-state index contributed by atoms with van der Waals surface area (Å²) >= 11 is 0. The number of benzene rings is 2. The molecular formula is C17H18F2N2O3. The van der Waals surface area contributed by atoms with Gasteiger partial charge in [-0.3, -0.25) is 0 Å². The van der Waals surface area contributed by atoms with Crippen LogP contribution < -0.4 is 15.4 Å². The Hall–Kier alpha value is -2.67. The summed E-state index contributed by atoms with van der Waals surface area (Å²) in [4.78, 5) is 11.9. The second kappa shape index (κ2) is 8.26. The third-order valence-electron chi connectivity index (χ3n) is 3.37. The molecule has 5 nitrogen and oxygen atoms in total. The predicted octanol–water partition coefficient (Wildman–Crippen LogP) is 2.70. The first kappa shape index (κ1) is 17.7. The Labute approximate surface area is 138 Å². The van der Waals surface area contributed by atoms with Crippen molar-refractivity contribution in [1.82, 2.24) is 5.32 Å². The first-order chi connectivity index (χ1) is 11.5. The maximum Gasteiger partial charge on any atom is 0.319 e. The summed E-state index contributed by atoms with van der Waals surface area (Å²) in [6.45, 7) is -0.290. The number of methoxy groups -OCH3 is 1. The van der Waals surface area contributed by atoms with Gasteiger partial charge in [-0.05, 0) is 12.0 Å². The van der Waals surface area contributed by atoms with Gasteiger partial charge in [-0.2, -0.15) is 0 Å². The van der Waals surface area contributed by atoms with Crippen molar-refractivity contribution >= 4 is 11.7 Å². The number of urea groups is 1. The molecule has 0 fully saturated rings. The molecule has 0 unspecified atom stereocenters. The Bertz CT molecular complexity index is 696. The summed E-state index contributed by atoms with van der Waals surface area (Å²) in [5, 5.41) is 14.1. The molecule has 1 atom stereocenters. The van der Waals surface area contributed by atoms with Crippen molar-refractivity contribution in [2.45, 2.75) is 12.5 Å². The highest BCUT2D eigenvalue weighted by molar-refractivity contribution is 5.89. The van der Waals surface area contributed by atoms with Gasteiger partial charge in [0.25, 0.3) is 0 Å². The van der Waals surface area contributed by atoms with Gasteiger partial charge < -0.3 is 20.5 Å². The first-order valence-corrected chi connectivity index (χ1v) is 7.28. The molecule has 2 rings (SSSR count). The molecular weight excluding hydrogens is 318 g/mol. The van der Waals surface area contributed by atoms with Gasteiger partial charge in [0.2, 0.25) is 0 Å². The third-order valence-corrected chi connectivity index (χ3v) is 3.37. The monoisotopic (exact) mass is 336 g/mol. The zero-order valence-corrected chi connectivity index (χ0v) is 13.1. The van der Waals surface area contributed by atoms with Gasteiger partial charge in [-0.1, -0.05) is 30.3 Å². The lowest BCUT2D eigenvalue weighted by Crippen LogP contribution is -2.41. The summed E-state index contributed by atoms with van der Waals surface area (Å²) in [6.07, 6.45) is 0.407. The number of hydrogen-bond acceptors (Lipinski definition) is 3. The summed E-state index contributed by atoms with van der Waals surface area (Å²) in [7, 11) is 1.22. The van der Waals surface area contributed by atoms with Gasteiger partial charge in [0.15, 0.2) is 17.4 Å². The van der Waals surface area contributed by atoms with Gasteiger partial charge in [0.1, 0.15) is 0 Å². The number of rotatable bonds is 6. The molecule has 0 heterocycles. The van der Waals surface area contributed by atoms with Crippen molar-refractivity contribution in [1.29, 1.82) is 0 Å². The van der Waals surface area contributed by atoms with Crippen LogP contribution in [0.1, 0.15) is 5.56 Å². The van der Waals surface area contributed by atoms with Crippen LogP contribution in [0.5, 0.6) is 5.75 Å². The SMILES string of the molecule is COc1cc(F)c(NC(=O)N[C@@H](CO)Cc2ccccc2)cc1F. The third kappa shape index (κ3) is 4.66. The Morgan fingerprint density at radius 1 is 1.21 bits per heavy atom. The van der Waals surface area contributed by atoms with Crippen LogP contribution in [-0.4, -0.2) is 30.9 Å². The minimum atomic E-state index is -0.827. The minimum Gasteiger partial charge on any atom is -0.494 e. The molecule has 2 aromatic carbocycles. The van der Waals surface area contributed by atoms with Gasteiger partial charge in [-0.25, -0.2) is 13.6 Å². The fraction of sp³-hybridized carbons (Fsp3) is 0.235. The summed E-state index contributed by atoms with van der Waals surface area (Å²) in [5.74, 6) is -1.88. The topological polar surface area (TPSA) is 70.6 Å². The van der Waals surface area contributed by atoms with Crippen LogP contribution in [0, 0.1) is 11.6 Å². The van der Waals surface area contributed by atoms with E-state index in [1.165, 1.54) is 7.11 Å². The second-order valence-corrected chi connectivity index (χ2v) is 5.13. The molecule has 0 bridgehead atoms. The lowest BCUT2D eigenvalue weighted by molar-refractivity contribution is 0.224. The summed E-state index contributed by atoms with van der Waals surface area (Å²) < 4.78 is 32.1. The highest BCUT2D eigenvalue weighted by Crippen LogP contribution is 2.24. The predicted molar refractivity (Wildman–Crippen MR) is 86.1 cm³/mol. The molecule has 0 aromatic heterocycles. The lowest BCUT2D eigenvalue weighted by Gasteiger charge is -2.17. The Kier molecular flexibility index (Phi) is 6.08. The normalized spacial score (nSPS) is 11.7. The van der Waals surface area contributed by atoms with E-state index in [0.29, 0.717) is 6.42 Å². The fourth-order valence-corrected chi connectivity index (χ4v) is 2.18. The number of amides is 2. The molecule has 0 aliphatic carbocycles. The van der Waals surface area contributed by atoms with Crippen molar-refractivity contribution in [2.75, 3.05) is 19.0 Å². The van der Waals surface area contributed by atoms with Crippen molar-refractivity contribution in [3.05, 3.63) is 59.7 Å². The molecule has 3 N–H and O–H groups in total. The average Bonchev–Trinajstić information content (AvgIpc) is 2.58. The number of aliphatic hydroxyl groups is 1. The van der Waals surface area contributed by atoms with Gasteiger partial charge in [0.05, 0.1) is 25.4 Å². The highest BCUT2D eigenvalue weighted by Gasteiger charge is 2.16. The molecule has 0 saturated heterocycles. The van der Waals surface area contributed by atoms with Gasteiger partial charge >= 0.3 is 6.03 Å². The number of halogens is 2. The van der Waals surface area contributed by atoms with Crippen LogP contribution in [0.4, 0.5) is 19.3 Å². The number of carbonyl (C=O) groups excluding carboxylic acids is 1. The largest absolute Gasteiger partial charge is 0.494 e. The molecule has 2 aromatic rings. The summed E-state index contributed by atoms with van der Waals surface area (Å²) in [5.41, 5.74) is 0.612. The van der Waals surface area contributed by atoms with Gasteiger partial charge in [0, 0.05) is 12.1 Å². The first-order valence-electron chi connectivity index (χ1n) is 7.28. The Morgan fingerprint density at radius 2 is 1.92 bits per heavy atom. The van der Waals surface area contributed by atoms with Crippen molar-refractivity contribution in [2.24, 2.45) is 0 Å². The standard InChI is InChI=1S/C17H18F2N2O3/c1-24-16-9-13(18)15(8-14(16)19)21-17(23)20-12(10-22)7-11-5-3-2-4-6-11/h2-6,8-9,12,22H,7,10H2,1H3,(H2,20,21,23)/t12-/m1/s1. The number of anilines is 1. The number of hydrogen-bond donors (Lipinski definition) is 3. The molecule has 128 valence electrons. The molecule has 0 saturated carbocycles. The van der Waals surface area contributed by atoms with E-state index in [1.54, 1.807) is 0 Å². The molecule has 0 radical (unpaired) electrons. The summed E-state index contributed by atoms with van der Waals surface area (Å²) in [6, 6.07) is 9.66. The smallest absolute Gasteiger partial charge is 0.319 e. The van der Waals surface area contributed by atoms with Crippen LogP contribution in [0.3, 0.4) is 0 Å². The Morgan fingerprint density at radius 3 is 2.54 bits per heavy atom. The number of nitrogens with one attached hydrogen (secondary N) is 2. The van der Waals surface area contributed by atoms with Crippen LogP contribution in [0.2, 0.25) is 0 Å². The molecule has 24 heavy (non-hydrogen) atoms. The Balaban J connectivity index is 2.00. The molecule has 2 amide bonds. The second-order valence-electron chi connectivity index (χ2n) is 5.13. The maximum atomic E-state index is 13.8. The van der Waals surface area contributed by atoms with Crippen LogP contribution in [0.15, 0.2) is 42.5 Å². The lowest BCUT2D eigenvalue weighted by atomic mass is 10.1. The quantitative estimate of drug-likeness (QED) is 0.760. The van der Waals surface area contributed by atoms with Crippen molar-refractivity contribution in [3.8, 4) is 5.75 Å². The van der Waals surface area contributed by atoms with E-state index in [1.807, 2.05) is 30.3 Å². The number of aliphatic hydroxyl groups excluding tert-OH is 1. The van der Waals surface area contributed by atoms with E-state index < -0.39 is 23.7 Å². The van der Waals surface area contributed by atoms with E-state index in [9.17, 15) is 18.7 Å². The van der Waals surface area contributed by atoms with E-state index in [0.717, 1.165) is 17.7 Å². The van der Waals surface area contributed by atoms with Crippen LogP contribution in [-0.2, 0) is 6.42 Å². The molecule has 0 aliphatic heterocycles. The van der Waals surface area contributed by atoms with Gasteiger partial charge in [-0.15, -0.1) is 0 Å². The zero-order chi connectivity index (χ0) is 17.5. The molecule has 0 aliphatic rings. The molecule has 7 heteroatoms. The van der Waals surface area contributed by atoms with Crippen molar-refractivity contribution < 1.29 is 23.4 Å². The molecule has 0 spiro atoms. The van der Waals surface area contributed by atoms with Crippen molar-refractivity contribution in [3.63, 3.8) is 0 Å². The van der Waals surface area contributed by atoms with E-state index in [4.69, 9.17) is 0 Å². The number of carbonyl (C=O) groups is 1. The van der Waals surface area contributed by atoms with E-state index >= 15 is 0 Å². The van der Waals surface area contributed by atoms with Crippen LogP contribution >= 0.6 is 0 Å². The highest BCUT2D eigenvalue weighted by atomic mass is 19.1.